The summed E-state index contributed by atoms with van der Waals surface area (Å²) in [6.07, 6.45) is 3.86. The molecular weight excluding hydrogens is 204 g/mol. The van der Waals surface area contributed by atoms with Gasteiger partial charge in [-0.1, -0.05) is 13.8 Å². The zero-order valence-electron chi connectivity index (χ0n) is 9.60. The molecular formula is C12H16N2O2. The first-order valence-corrected chi connectivity index (χ1v) is 5.60. The van der Waals surface area contributed by atoms with Crippen LogP contribution in [0.4, 0.5) is 0 Å². The van der Waals surface area contributed by atoms with E-state index >= 15 is 0 Å². The summed E-state index contributed by atoms with van der Waals surface area (Å²) in [4.78, 5) is 19.6. The molecule has 1 N–H and O–H groups in total. The minimum absolute atomic E-state index is 0.484. The van der Waals surface area contributed by atoms with Crippen molar-refractivity contribution in [3.05, 3.63) is 23.8 Å². The van der Waals surface area contributed by atoms with Gasteiger partial charge in [0.2, 0.25) is 0 Å². The Bertz CT molecular complexity index is 411. The molecule has 1 fully saturated rings. The van der Waals surface area contributed by atoms with Gasteiger partial charge in [0, 0.05) is 11.9 Å². The molecule has 4 nitrogen and oxygen atoms in total. The van der Waals surface area contributed by atoms with E-state index in [-0.39, 0.29) is 0 Å². The van der Waals surface area contributed by atoms with Crippen LogP contribution < -0.4 is 0 Å². The summed E-state index contributed by atoms with van der Waals surface area (Å²) in [5.74, 6) is 0.204. The lowest BCUT2D eigenvalue weighted by atomic mass is 10.1. The van der Waals surface area contributed by atoms with Crippen LogP contribution in [0.15, 0.2) is 12.3 Å². The topological polar surface area (TPSA) is 63.1 Å². The van der Waals surface area contributed by atoms with E-state index in [0.29, 0.717) is 24.6 Å². The molecule has 0 amide bonds. The fourth-order valence-corrected chi connectivity index (χ4v) is 1.82. The Morgan fingerprint density at radius 3 is 2.75 bits per heavy atom. The highest BCUT2D eigenvalue weighted by Gasteiger charge is 2.54. The van der Waals surface area contributed by atoms with Crippen LogP contribution in [0.2, 0.25) is 0 Å². The van der Waals surface area contributed by atoms with Crippen molar-refractivity contribution in [1.82, 2.24) is 9.97 Å². The average molecular weight is 220 g/mol. The van der Waals surface area contributed by atoms with Crippen molar-refractivity contribution in [2.24, 2.45) is 5.92 Å². The molecule has 1 aromatic heterocycles. The number of aliphatic carboxylic acids is 1. The van der Waals surface area contributed by atoms with Crippen LogP contribution in [-0.2, 0) is 16.6 Å². The molecule has 1 saturated carbocycles. The van der Waals surface area contributed by atoms with E-state index in [1.807, 2.05) is 6.07 Å². The van der Waals surface area contributed by atoms with Crippen molar-refractivity contribution in [3.8, 4) is 0 Å². The molecule has 0 saturated heterocycles. The molecule has 0 atom stereocenters. The van der Waals surface area contributed by atoms with Gasteiger partial charge in [-0.3, -0.25) is 4.79 Å². The highest BCUT2D eigenvalue weighted by Crippen LogP contribution is 2.46. The molecule has 16 heavy (non-hydrogen) atoms. The summed E-state index contributed by atoms with van der Waals surface area (Å²) in [5, 5.41) is 9.15. The fourth-order valence-electron chi connectivity index (χ4n) is 1.82. The maximum absolute atomic E-state index is 11.1. The van der Waals surface area contributed by atoms with E-state index in [2.05, 4.69) is 23.8 Å². The minimum atomic E-state index is -0.797. The molecule has 1 heterocycles. The van der Waals surface area contributed by atoms with Crippen molar-refractivity contribution in [1.29, 1.82) is 0 Å². The number of nitrogens with zero attached hydrogens (tertiary/aromatic N) is 2. The first-order chi connectivity index (χ1) is 7.54. The molecule has 0 unspecified atom stereocenters. The number of aromatic nitrogens is 2. The van der Waals surface area contributed by atoms with Crippen LogP contribution in [0.5, 0.6) is 0 Å². The van der Waals surface area contributed by atoms with Gasteiger partial charge in [-0.2, -0.15) is 0 Å². The van der Waals surface area contributed by atoms with Gasteiger partial charge in [-0.05, 0) is 31.2 Å². The Balaban J connectivity index is 2.26. The lowest BCUT2D eigenvalue weighted by molar-refractivity contribution is -0.140. The van der Waals surface area contributed by atoms with Gasteiger partial charge in [0.15, 0.2) is 0 Å². The standard InChI is InChI=1S/C12H16N2O2/c1-8(2)7-9-3-6-13-10(14-9)12(4-5-12)11(15)16/h3,6,8H,4-5,7H2,1-2H3,(H,15,16). The zero-order chi connectivity index (χ0) is 11.8. The Labute approximate surface area is 94.7 Å². The van der Waals surface area contributed by atoms with Gasteiger partial charge in [-0.25, -0.2) is 9.97 Å². The minimum Gasteiger partial charge on any atom is -0.480 e. The lowest BCUT2D eigenvalue weighted by Crippen LogP contribution is -2.23. The van der Waals surface area contributed by atoms with Gasteiger partial charge >= 0.3 is 5.97 Å². The molecule has 0 spiro atoms. The number of carbonyl (C=O) groups is 1. The zero-order valence-corrected chi connectivity index (χ0v) is 9.60. The second kappa shape index (κ2) is 3.85. The Hall–Kier alpha value is -1.45. The molecule has 1 aliphatic rings. The Morgan fingerprint density at radius 2 is 2.25 bits per heavy atom. The summed E-state index contributed by atoms with van der Waals surface area (Å²) < 4.78 is 0. The van der Waals surface area contributed by atoms with Gasteiger partial charge in [0.25, 0.3) is 0 Å². The van der Waals surface area contributed by atoms with Gasteiger partial charge in [0.05, 0.1) is 0 Å². The van der Waals surface area contributed by atoms with E-state index in [1.165, 1.54) is 0 Å². The number of hydrogen-bond donors (Lipinski definition) is 1. The summed E-state index contributed by atoms with van der Waals surface area (Å²) in [7, 11) is 0. The van der Waals surface area contributed by atoms with Crippen LogP contribution in [0, 0.1) is 5.92 Å². The number of carboxylic acid groups (broad SMARTS) is 1. The molecule has 0 bridgehead atoms. The molecule has 86 valence electrons. The molecule has 2 rings (SSSR count). The molecule has 1 aliphatic carbocycles. The van der Waals surface area contributed by atoms with E-state index < -0.39 is 11.4 Å². The van der Waals surface area contributed by atoms with Crippen molar-refractivity contribution in [3.63, 3.8) is 0 Å². The van der Waals surface area contributed by atoms with Crippen LogP contribution in [0.3, 0.4) is 0 Å². The predicted octanol–water partition coefficient (Wildman–Crippen LogP) is 1.79. The average Bonchev–Trinajstić information content (AvgIpc) is 2.97. The first-order valence-electron chi connectivity index (χ1n) is 5.60. The summed E-state index contributed by atoms with van der Waals surface area (Å²) in [5.41, 5.74) is 0.153. The third kappa shape index (κ3) is 1.92. The van der Waals surface area contributed by atoms with Crippen LogP contribution in [-0.4, -0.2) is 21.0 Å². The van der Waals surface area contributed by atoms with Crippen molar-refractivity contribution in [2.75, 3.05) is 0 Å². The normalized spacial score (nSPS) is 17.4. The lowest BCUT2D eigenvalue weighted by Gasteiger charge is -2.10. The smallest absolute Gasteiger partial charge is 0.317 e. The first kappa shape index (κ1) is 11.0. The second-order valence-corrected chi connectivity index (χ2v) is 4.86. The van der Waals surface area contributed by atoms with E-state index in [4.69, 9.17) is 5.11 Å². The van der Waals surface area contributed by atoms with Crippen LogP contribution >= 0.6 is 0 Å². The Morgan fingerprint density at radius 1 is 1.56 bits per heavy atom. The number of rotatable bonds is 4. The molecule has 0 radical (unpaired) electrons. The predicted molar refractivity (Wildman–Crippen MR) is 59.1 cm³/mol. The number of carboxylic acids is 1. The fraction of sp³-hybridized carbons (Fsp3) is 0.583. The van der Waals surface area contributed by atoms with E-state index in [9.17, 15) is 4.79 Å². The van der Waals surface area contributed by atoms with Gasteiger partial charge in [-0.15, -0.1) is 0 Å². The van der Waals surface area contributed by atoms with Crippen LogP contribution in [0.25, 0.3) is 0 Å². The van der Waals surface area contributed by atoms with Crippen LogP contribution in [0.1, 0.15) is 38.2 Å². The summed E-state index contributed by atoms with van der Waals surface area (Å²) >= 11 is 0. The molecule has 4 heteroatoms. The van der Waals surface area contributed by atoms with E-state index in [1.54, 1.807) is 6.20 Å². The summed E-state index contributed by atoms with van der Waals surface area (Å²) in [6, 6.07) is 1.86. The van der Waals surface area contributed by atoms with E-state index in [0.717, 1.165) is 12.1 Å². The van der Waals surface area contributed by atoms with Gasteiger partial charge < -0.3 is 5.11 Å². The van der Waals surface area contributed by atoms with Crippen molar-refractivity contribution < 1.29 is 9.90 Å². The molecule has 0 aliphatic heterocycles. The molecule has 0 aromatic carbocycles. The highest BCUT2D eigenvalue weighted by atomic mass is 16.4. The maximum atomic E-state index is 11.1. The SMILES string of the molecule is CC(C)Cc1ccnc(C2(C(=O)O)CC2)n1. The third-order valence-electron chi connectivity index (χ3n) is 2.92. The largest absolute Gasteiger partial charge is 0.480 e. The monoisotopic (exact) mass is 220 g/mol. The second-order valence-electron chi connectivity index (χ2n) is 4.86. The maximum Gasteiger partial charge on any atom is 0.317 e. The van der Waals surface area contributed by atoms with Crippen molar-refractivity contribution >= 4 is 5.97 Å². The van der Waals surface area contributed by atoms with Gasteiger partial charge in [0.1, 0.15) is 11.2 Å². The van der Waals surface area contributed by atoms with Crippen molar-refractivity contribution in [2.45, 2.75) is 38.5 Å². The summed E-state index contributed by atoms with van der Waals surface area (Å²) in [6.45, 7) is 4.23. The quantitative estimate of drug-likeness (QED) is 0.840. The Kier molecular flexibility index (Phi) is 2.66. The highest BCUT2D eigenvalue weighted by molar-refractivity contribution is 5.83. The number of hydrogen-bond acceptors (Lipinski definition) is 3. The third-order valence-corrected chi connectivity index (χ3v) is 2.92. The molecule has 1 aromatic rings.